The average Bonchev–Trinajstić information content (AvgIpc) is 3.11. The Hall–Kier alpha value is -2.33. The molecule has 0 aliphatic carbocycles. The molecule has 1 aromatic heterocycles. The van der Waals surface area contributed by atoms with Gasteiger partial charge in [-0.1, -0.05) is 18.7 Å². The monoisotopic (exact) mass is 431 g/mol. The van der Waals surface area contributed by atoms with Gasteiger partial charge in [-0.3, -0.25) is 9.88 Å². The number of nitrogens with zero attached hydrogens (tertiary/aromatic N) is 3. The number of piperidine rings is 2. The zero-order valence-electron chi connectivity index (χ0n) is 20.0. The molecule has 3 aliphatic rings. The predicted octanol–water partition coefficient (Wildman–Crippen LogP) is 5.45. The van der Waals surface area contributed by atoms with Crippen LogP contribution in [0.2, 0.25) is 0 Å². The molecule has 2 saturated heterocycles. The fourth-order valence-electron chi connectivity index (χ4n) is 5.96. The van der Waals surface area contributed by atoms with Crippen molar-refractivity contribution in [3.63, 3.8) is 0 Å². The van der Waals surface area contributed by atoms with Crippen LogP contribution in [-0.2, 0) is 13.0 Å². The second kappa shape index (κ2) is 8.22. The van der Waals surface area contributed by atoms with Gasteiger partial charge in [-0.15, -0.1) is 0 Å². The van der Waals surface area contributed by atoms with Crippen LogP contribution in [0.15, 0.2) is 43.2 Å². The van der Waals surface area contributed by atoms with Gasteiger partial charge in [-0.05, 0) is 88.2 Å². The number of rotatable bonds is 4. The standard InChI is InChI=1S/C28H37N3O/c1-21-19-29-13-8-24(21)22(2)31-16-11-28(12-17-31)9-14-30(15-10-28)20-23-6-5-7-26-25(23)18-27(3,4)32-26/h5-8,13,19H,2,9-12,14-18,20H2,1,3-4H3. The third-order valence-electron chi connectivity index (χ3n) is 8.07. The zero-order valence-corrected chi connectivity index (χ0v) is 20.0. The molecule has 0 radical (unpaired) electrons. The normalized spacial score (nSPS) is 21.9. The molecule has 1 spiro atoms. The van der Waals surface area contributed by atoms with Crippen molar-refractivity contribution in [2.24, 2.45) is 5.41 Å². The molecule has 1 aromatic carbocycles. The van der Waals surface area contributed by atoms with Crippen LogP contribution in [-0.4, -0.2) is 46.6 Å². The van der Waals surface area contributed by atoms with Gasteiger partial charge in [-0.25, -0.2) is 0 Å². The summed E-state index contributed by atoms with van der Waals surface area (Å²) in [6.45, 7) is 16.7. The number of hydrogen-bond acceptors (Lipinski definition) is 4. The predicted molar refractivity (Wildman–Crippen MR) is 131 cm³/mol. The first-order valence-corrected chi connectivity index (χ1v) is 12.2. The smallest absolute Gasteiger partial charge is 0.123 e. The van der Waals surface area contributed by atoms with Crippen molar-refractivity contribution in [3.8, 4) is 5.75 Å². The number of pyridine rings is 1. The van der Waals surface area contributed by atoms with E-state index >= 15 is 0 Å². The molecule has 0 bridgehead atoms. The Balaban J connectivity index is 1.17. The number of hydrogen-bond donors (Lipinski definition) is 0. The van der Waals surface area contributed by atoms with Gasteiger partial charge in [0.2, 0.25) is 0 Å². The first-order chi connectivity index (χ1) is 15.3. The summed E-state index contributed by atoms with van der Waals surface area (Å²) in [5.74, 6) is 1.10. The van der Waals surface area contributed by atoms with Gasteiger partial charge in [0.25, 0.3) is 0 Å². The van der Waals surface area contributed by atoms with E-state index in [0.29, 0.717) is 5.41 Å². The fourth-order valence-corrected chi connectivity index (χ4v) is 5.96. The van der Waals surface area contributed by atoms with Crippen molar-refractivity contribution < 1.29 is 4.74 Å². The highest BCUT2D eigenvalue weighted by Crippen LogP contribution is 2.43. The quantitative estimate of drug-likeness (QED) is 0.643. The van der Waals surface area contributed by atoms with Gasteiger partial charge in [0.1, 0.15) is 11.4 Å². The number of aromatic nitrogens is 1. The first kappa shape index (κ1) is 21.5. The molecule has 4 nitrogen and oxygen atoms in total. The summed E-state index contributed by atoms with van der Waals surface area (Å²) < 4.78 is 6.15. The SMILES string of the molecule is C=C(c1ccncc1C)N1CCC2(CCN(Cc3cccc4c3CC(C)(C)O4)CC2)CC1. The highest BCUT2D eigenvalue weighted by molar-refractivity contribution is 5.64. The molecule has 0 atom stereocenters. The van der Waals surface area contributed by atoms with Crippen molar-refractivity contribution in [1.82, 2.24) is 14.8 Å². The molecule has 2 fully saturated rings. The molecule has 4 heteroatoms. The van der Waals surface area contributed by atoms with E-state index in [9.17, 15) is 0 Å². The van der Waals surface area contributed by atoms with Gasteiger partial charge < -0.3 is 9.64 Å². The summed E-state index contributed by atoms with van der Waals surface area (Å²) in [6, 6.07) is 8.70. The molecule has 4 heterocycles. The van der Waals surface area contributed by atoms with Crippen LogP contribution in [0.3, 0.4) is 0 Å². The second-order valence-electron chi connectivity index (χ2n) is 10.8. The molecular formula is C28H37N3O. The summed E-state index contributed by atoms with van der Waals surface area (Å²) in [5, 5.41) is 0. The lowest BCUT2D eigenvalue weighted by atomic mass is 9.71. The minimum absolute atomic E-state index is 0.0722. The lowest BCUT2D eigenvalue weighted by molar-refractivity contribution is 0.0479. The summed E-state index contributed by atoms with van der Waals surface area (Å²) >= 11 is 0. The largest absolute Gasteiger partial charge is 0.487 e. The molecular weight excluding hydrogens is 394 g/mol. The van der Waals surface area contributed by atoms with Crippen LogP contribution in [0.4, 0.5) is 0 Å². The van der Waals surface area contributed by atoms with Gasteiger partial charge >= 0.3 is 0 Å². The number of likely N-dealkylation sites (tertiary alicyclic amines) is 2. The average molecular weight is 432 g/mol. The van der Waals surface area contributed by atoms with E-state index in [1.165, 1.54) is 66.7 Å². The van der Waals surface area contributed by atoms with Crippen molar-refractivity contribution in [3.05, 3.63) is 65.5 Å². The van der Waals surface area contributed by atoms with Crippen LogP contribution in [0.25, 0.3) is 5.70 Å². The Morgan fingerprint density at radius 1 is 1.06 bits per heavy atom. The zero-order chi connectivity index (χ0) is 22.3. The first-order valence-electron chi connectivity index (χ1n) is 12.2. The number of ether oxygens (including phenoxy) is 1. The maximum atomic E-state index is 6.15. The minimum atomic E-state index is -0.0722. The van der Waals surface area contributed by atoms with E-state index in [2.05, 4.69) is 66.4 Å². The van der Waals surface area contributed by atoms with Crippen LogP contribution < -0.4 is 4.74 Å². The number of fused-ring (bicyclic) bond motifs is 1. The van der Waals surface area contributed by atoms with E-state index in [1.807, 2.05) is 12.4 Å². The lowest BCUT2D eigenvalue weighted by Gasteiger charge is -2.48. The topological polar surface area (TPSA) is 28.6 Å². The van der Waals surface area contributed by atoms with Gasteiger partial charge in [0, 0.05) is 55.3 Å². The van der Waals surface area contributed by atoms with Gasteiger partial charge in [0.05, 0.1) is 0 Å². The maximum absolute atomic E-state index is 6.15. The Labute approximate surface area is 193 Å². The second-order valence-corrected chi connectivity index (χ2v) is 10.8. The number of benzene rings is 1. The molecule has 5 rings (SSSR count). The fraction of sp³-hybridized carbons (Fsp3) is 0.536. The van der Waals surface area contributed by atoms with E-state index in [-0.39, 0.29) is 5.60 Å². The van der Waals surface area contributed by atoms with E-state index in [0.717, 1.165) is 31.8 Å². The Kier molecular flexibility index (Phi) is 5.53. The van der Waals surface area contributed by atoms with Crippen molar-refractivity contribution in [2.45, 2.75) is 65.0 Å². The Morgan fingerprint density at radius 3 is 2.50 bits per heavy atom. The molecule has 0 unspecified atom stereocenters. The van der Waals surface area contributed by atoms with Crippen LogP contribution in [0.5, 0.6) is 5.75 Å². The van der Waals surface area contributed by atoms with Crippen molar-refractivity contribution in [2.75, 3.05) is 26.2 Å². The summed E-state index contributed by atoms with van der Waals surface area (Å²) in [5.41, 5.74) is 6.96. The highest BCUT2D eigenvalue weighted by atomic mass is 16.5. The Bertz CT molecular complexity index is 993. The molecule has 0 amide bonds. The van der Waals surface area contributed by atoms with Crippen LogP contribution >= 0.6 is 0 Å². The molecule has 2 aromatic rings. The van der Waals surface area contributed by atoms with E-state index in [4.69, 9.17) is 4.74 Å². The minimum Gasteiger partial charge on any atom is -0.487 e. The van der Waals surface area contributed by atoms with Crippen LogP contribution in [0.1, 0.15) is 61.8 Å². The van der Waals surface area contributed by atoms with E-state index in [1.54, 1.807) is 0 Å². The van der Waals surface area contributed by atoms with Gasteiger partial charge in [-0.2, -0.15) is 0 Å². The summed E-state index contributed by atoms with van der Waals surface area (Å²) in [7, 11) is 0. The highest BCUT2D eigenvalue weighted by Gasteiger charge is 2.38. The molecule has 170 valence electrons. The van der Waals surface area contributed by atoms with Crippen LogP contribution in [0, 0.1) is 12.3 Å². The van der Waals surface area contributed by atoms with Crippen molar-refractivity contribution >= 4 is 5.70 Å². The van der Waals surface area contributed by atoms with E-state index < -0.39 is 0 Å². The summed E-state index contributed by atoms with van der Waals surface area (Å²) in [4.78, 5) is 9.39. The number of aryl methyl sites for hydroxylation is 1. The Morgan fingerprint density at radius 2 is 1.78 bits per heavy atom. The van der Waals surface area contributed by atoms with Crippen molar-refractivity contribution in [1.29, 1.82) is 0 Å². The lowest BCUT2D eigenvalue weighted by Crippen LogP contribution is -2.46. The third-order valence-corrected chi connectivity index (χ3v) is 8.07. The molecule has 0 N–H and O–H groups in total. The third kappa shape index (κ3) is 4.17. The van der Waals surface area contributed by atoms with Gasteiger partial charge in [0.15, 0.2) is 0 Å². The maximum Gasteiger partial charge on any atom is 0.123 e. The molecule has 0 saturated carbocycles. The summed E-state index contributed by atoms with van der Waals surface area (Å²) in [6.07, 6.45) is 10.0. The molecule has 32 heavy (non-hydrogen) atoms. The molecule has 3 aliphatic heterocycles.